The molecule has 0 bridgehead atoms. The molecule has 0 saturated heterocycles. The third-order valence-corrected chi connectivity index (χ3v) is 20.6. The summed E-state index contributed by atoms with van der Waals surface area (Å²) in [7, 11) is -3.36. The summed E-state index contributed by atoms with van der Waals surface area (Å²) in [5.41, 5.74) is 1.30. The van der Waals surface area contributed by atoms with Crippen LogP contribution < -0.4 is 20.9 Å². The normalized spacial score (nSPS) is 16.1. The average molecular weight is 734 g/mol. The van der Waals surface area contributed by atoms with Gasteiger partial charge in [0.2, 0.25) is 0 Å². The van der Waals surface area contributed by atoms with Crippen molar-refractivity contribution in [3.8, 4) is 0 Å². The van der Waals surface area contributed by atoms with Gasteiger partial charge < -0.3 is 0 Å². The molecule has 5 nitrogen and oxygen atoms in total. The Kier molecular flexibility index (Phi) is 11.5. The second kappa shape index (κ2) is 15.4. The molecule has 0 saturated carbocycles. The number of hydrogen-bond donors (Lipinski definition) is 0. The summed E-state index contributed by atoms with van der Waals surface area (Å²) in [5, 5.41) is 7.15. The zero-order valence-corrected chi connectivity index (χ0v) is 30.8. The van der Waals surface area contributed by atoms with Crippen molar-refractivity contribution in [3.63, 3.8) is 0 Å². The molecular weight excluding hydrogens is 687 g/mol. The Labute approximate surface area is 289 Å². The van der Waals surface area contributed by atoms with Crippen LogP contribution in [0.5, 0.6) is 0 Å². The van der Waals surface area contributed by atoms with E-state index < -0.39 is 15.1 Å². The van der Waals surface area contributed by atoms with Crippen molar-refractivity contribution in [3.05, 3.63) is 115 Å². The van der Waals surface area contributed by atoms with Gasteiger partial charge in [-0.2, -0.15) is 5.10 Å². The summed E-state index contributed by atoms with van der Waals surface area (Å²) >= 11 is 4.56. The van der Waals surface area contributed by atoms with E-state index in [9.17, 15) is 13.2 Å². The second-order valence-electron chi connectivity index (χ2n) is 12.7. The quantitative estimate of drug-likeness (QED) is 0.0855. The first-order valence-corrected chi connectivity index (χ1v) is 23.0. The molecule has 4 aromatic rings. The molecule has 1 amide bonds. The van der Waals surface area contributed by atoms with Gasteiger partial charge in [0.1, 0.15) is 0 Å². The number of hydrogen-bond acceptors (Lipinski definition) is 4. The third-order valence-electron chi connectivity index (χ3n) is 9.46. The fourth-order valence-corrected chi connectivity index (χ4v) is 15.2. The van der Waals surface area contributed by atoms with Crippen LogP contribution in [-0.4, -0.2) is 32.5 Å². The van der Waals surface area contributed by atoms with E-state index in [2.05, 4.69) is 112 Å². The number of rotatable bonds is 16. The van der Waals surface area contributed by atoms with Gasteiger partial charge in [0, 0.05) is 6.26 Å². The van der Waals surface area contributed by atoms with Crippen molar-refractivity contribution in [2.45, 2.75) is 69.6 Å². The van der Waals surface area contributed by atoms with Crippen LogP contribution in [-0.2, 0) is 14.6 Å². The van der Waals surface area contributed by atoms with Crippen LogP contribution in [0.15, 0.2) is 125 Å². The Hall–Kier alpha value is -3.12. The van der Waals surface area contributed by atoms with Crippen molar-refractivity contribution >= 4 is 63.9 Å². The van der Waals surface area contributed by atoms with E-state index in [0.29, 0.717) is 5.69 Å². The number of benzene rings is 4. The first-order chi connectivity index (χ1) is 22.6. The Morgan fingerprint density at radius 2 is 1.15 bits per heavy atom. The summed E-state index contributed by atoms with van der Waals surface area (Å²) in [6.07, 6.45) is 12.2. The number of nitrogens with zero attached hydrogens (tertiary/aromatic N) is 2. The van der Waals surface area contributed by atoms with E-state index >= 15 is 0 Å². The minimum absolute atomic E-state index is 0.0707. The van der Waals surface area contributed by atoms with E-state index in [1.807, 2.05) is 6.92 Å². The fraction of sp³-hybridized carbons (Fsp3) is 0.333. The van der Waals surface area contributed by atoms with Crippen LogP contribution in [0.25, 0.3) is 0 Å². The molecule has 1 aliphatic rings. The molecular formula is C39H46BrN2O3PS. The SMILES string of the molecule is CC1=NN(c2cccc(S(C)(=O)=O)c2)C(=O)C1CCCCCCCCCCP(Br)(c1ccccc1)(c1ccccc1)c1ccccc1. The van der Waals surface area contributed by atoms with E-state index in [-0.39, 0.29) is 16.7 Å². The molecule has 8 heteroatoms. The van der Waals surface area contributed by atoms with E-state index in [0.717, 1.165) is 44.0 Å². The monoisotopic (exact) mass is 732 g/mol. The van der Waals surface area contributed by atoms with Gasteiger partial charge in [-0.05, 0) is 25.1 Å². The minimum atomic E-state index is -3.36. The molecule has 1 aliphatic heterocycles. The molecule has 1 atom stereocenters. The number of carbonyl (C=O) groups is 1. The molecule has 4 aromatic carbocycles. The van der Waals surface area contributed by atoms with Crippen molar-refractivity contribution in [2.24, 2.45) is 11.0 Å². The predicted molar refractivity (Wildman–Crippen MR) is 204 cm³/mol. The van der Waals surface area contributed by atoms with Crippen molar-refractivity contribution in [1.29, 1.82) is 0 Å². The van der Waals surface area contributed by atoms with Gasteiger partial charge in [0.15, 0.2) is 9.84 Å². The topological polar surface area (TPSA) is 66.8 Å². The van der Waals surface area contributed by atoms with E-state index in [1.54, 1.807) is 18.2 Å². The number of anilines is 1. The molecule has 0 N–H and O–H groups in total. The first kappa shape index (κ1) is 35.2. The van der Waals surface area contributed by atoms with Crippen LogP contribution in [0, 0.1) is 5.92 Å². The molecule has 0 fully saturated rings. The molecule has 0 spiro atoms. The summed E-state index contributed by atoms with van der Waals surface area (Å²) in [6, 6.07) is 39.5. The standard InChI is InChI=1S/C39H46BrN2O3PS/c1-32-38(39(43)42(41-32)33-21-20-28-37(31-33)47(2,44)45)29-18-7-5-3-4-6-8-19-30-46(40,34-22-12-9-13-23-34,35-24-14-10-15-25-35)36-26-16-11-17-27-36/h9-17,20-28,31,38H,3-8,18-19,29-30H2,1-2H3. The maximum atomic E-state index is 13.2. The maximum absolute atomic E-state index is 13.2. The molecule has 0 aliphatic carbocycles. The molecule has 248 valence electrons. The number of carbonyl (C=O) groups excluding carboxylic acids is 1. The van der Waals surface area contributed by atoms with Crippen molar-refractivity contribution < 1.29 is 13.2 Å². The molecule has 0 radical (unpaired) electrons. The Balaban J connectivity index is 1.10. The Bertz CT molecular complexity index is 1680. The summed E-state index contributed by atoms with van der Waals surface area (Å²) < 4.78 is 24.0. The zero-order chi connectivity index (χ0) is 33.4. The summed E-state index contributed by atoms with van der Waals surface area (Å²) in [6.45, 7) is 1.89. The molecule has 0 aromatic heterocycles. The van der Waals surface area contributed by atoms with Crippen molar-refractivity contribution in [2.75, 3.05) is 17.4 Å². The summed E-state index contributed by atoms with van der Waals surface area (Å²) in [5.74, 6) is -0.310. The van der Waals surface area contributed by atoms with Gasteiger partial charge in [0.05, 0.1) is 10.6 Å². The number of hydrazone groups is 1. The van der Waals surface area contributed by atoms with Gasteiger partial charge in [-0.3, -0.25) is 4.79 Å². The third kappa shape index (κ3) is 7.80. The molecule has 47 heavy (non-hydrogen) atoms. The molecule has 1 unspecified atom stereocenters. The predicted octanol–water partition coefficient (Wildman–Crippen LogP) is 8.78. The second-order valence-corrected chi connectivity index (χ2v) is 23.8. The van der Waals surface area contributed by atoms with E-state index in [1.165, 1.54) is 58.9 Å². The van der Waals surface area contributed by atoms with Crippen LogP contribution in [0.4, 0.5) is 5.69 Å². The van der Waals surface area contributed by atoms with Crippen LogP contribution in [0.1, 0.15) is 64.7 Å². The van der Waals surface area contributed by atoms with Crippen LogP contribution in [0.3, 0.4) is 0 Å². The first-order valence-electron chi connectivity index (χ1n) is 16.7. The average Bonchev–Trinajstić information content (AvgIpc) is 3.38. The van der Waals surface area contributed by atoms with Crippen LogP contribution >= 0.6 is 20.8 Å². The van der Waals surface area contributed by atoms with Gasteiger partial charge in [-0.1, -0.05) is 6.07 Å². The number of amides is 1. The summed E-state index contributed by atoms with van der Waals surface area (Å²) in [4.78, 5) is 13.4. The van der Waals surface area contributed by atoms with Crippen LogP contribution in [0.2, 0.25) is 0 Å². The number of sulfone groups is 1. The van der Waals surface area contributed by atoms with Gasteiger partial charge >= 0.3 is 209 Å². The molecule has 5 rings (SSSR count). The molecule has 1 heterocycles. The van der Waals surface area contributed by atoms with E-state index in [4.69, 9.17) is 0 Å². The zero-order valence-electron chi connectivity index (χ0n) is 27.5. The number of halogens is 1. The van der Waals surface area contributed by atoms with Gasteiger partial charge in [0.25, 0.3) is 0 Å². The van der Waals surface area contributed by atoms with Gasteiger partial charge in [-0.25, -0.2) is 13.4 Å². The fourth-order valence-electron chi connectivity index (χ4n) is 6.84. The Morgan fingerprint density at radius 3 is 1.64 bits per heavy atom. The number of unbranched alkanes of at least 4 members (excludes halogenated alkanes) is 7. The van der Waals surface area contributed by atoms with Gasteiger partial charge in [-0.15, -0.1) is 0 Å². The van der Waals surface area contributed by atoms with Crippen molar-refractivity contribution in [1.82, 2.24) is 0 Å². The Morgan fingerprint density at radius 1 is 0.681 bits per heavy atom.